The maximum Gasteiger partial charge on any atom is 0.328 e. The number of ether oxygens (including phenoxy) is 1. The molecule has 0 radical (unpaired) electrons. The Labute approximate surface area is 175 Å². The number of rotatable bonds is 11. The van der Waals surface area contributed by atoms with E-state index in [9.17, 15) is 9.59 Å². The van der Waals surface area contributed by atoms with Crippen LogP contribution in [0.1, 0.15) is 25.3 Å². The van der Waals surface area contributed by atoms with E-state index in [0.717, 1.165) is 16.5 Å². The van der Waals surface area contributed by atoms with Crippen LogP contribution in [-0.2, 0) is 20.7 Å². The fourth-order valence-electron chi connectivity index (χ4n) is 3.25. The molecule has 2 unspecified atom stereocenters. The topological polar surface area (TPSA) is 148 Å². The maximum atomic E-state index is 12.2. The van der Waals surface area contributed by atoms with Crippen molar-refractivity contribution in [2.24, 2.45) is 16.5 Å². The Morgan fingerprint density at radius 2 is 1.97 bits per heavy atom. The lowest BCUT2D eigenvalue weighted by molar-refractivity contribution is -0.143. The van der Waals surface area contributed by atoms with Crippen LogP contribution >= 0.6 is 0 Å². The van der Waals surface area contributed by atoms with E-state index in [1.54, 1.807) is 0 Å². The lowest BCUT2D eigenvalue weighted by Gasteiger charge is -2.25. The van der Waals surface area contributed by atoms with Gasteiger partial charge >= 0.3 is 5.97 Å². The number of fused-ring (bicyclic) bond motifs is 1. The van der Waals surface area contributed by atoms with Crippen molar-refractivity contribution in [2.45, 2.75) is 38.3 Å². The number of nitrogens with one attached hydrogen (secondary N) is 3. The Bertz CT molecular complexity index is 916. The predicted molar refractivity (Wildman–Crippen MR) is 118 cm³/mol. The van der Waals surface area contributed by atoms with Crippen LogP contribution in [0.25, 0.3) is 10.9 Å². The minimum atomic E-state index is -0.629. The molecule has 1 aromatic heterocycles. The van der Waals surface area contributed by atoms with Gasteiger partial charge in [-0.1, -0.05) is 24.8 Å². The van der Waals surface area contributed by atoms with Crippen molar-refractivity contribution >= 4 is 28.7 Å². The number of H-pyrrole nitrogens is 1. The van der Waals surface area contributed by atoms with Crippen LogP contribution in [0.3, 0.4) is 0 Å². The number of amides is 1. The molecule has 0 spiro atoms. The number of esters is 1. The molecule has 9 heteroatoms. The summed E-state index contributed by atoms with van der Waals surface area (Å²) < 4.78 is 4.90. The van der Waals surface area contributed by atoms with Crippen LogP contribution in [0.15, 0.2) is 47.7 Å². The van der Waals surface area contributed by atoms with Crippen molar-refractivity contribution in [3.8, 4) is 0 Å². The summed E-state index contributed by atoms with van der Waals surface area (Å²) >= 11 is 0. The van der Waals surface area contributed by atoms with E-state index < -0.39 is 18.1 Å². The largest absolute Gasteiger partial charge is 0.467 e. The zero-order chi connectivity index (χ0) is 22.1. The summed E-state index contributed by atoms with van der Waals surface area (Å²) in [6.45, 7) is 5.91. The summed E-state index contributed by atoms with van der Waals surface area (Å²) in [6, 6.07) is 6.89. The summed E-state index contributed by atoms with van der Waals surface area (Å²) in [5.74, 6) is -0.605. The van der Waals surface area contributed by atoms with Gasteiger partial charge in [0.1, 0.15) is 6.04 Å². The summed E-state index contributed by atoms with van der Waals surface area (Å²) in [6.07, 6.45) is 3.45. The van der Waals surface area contributed by atoms with Gasteiger partial charge in [-0.15, -0.1) is 0 Å². The monoisotopic (exact) mass is 414 g/mol. The molecule has 30 heavy (non-hydrogen) atoms. The van der Waals surface area contributed by atoms with E-state index in [1.165, 1.54) is 14.0 Å². The number of aliphatic imine (C=N–C) groups is 1. The number of guanidine groups is 1. The summed E-state index contributed by atoms with van der Waals surface area (Å²) in [4.78, 5) is 31.1. The number of hydrogen-bond donors (Lipinski definition) is 5. The van der Waals surface area contributed by atoms with Gasteiger partial charge in [-0.2, -0.15) is 0 Å². The number of para-hydroxylation sites is 1. The molecule has 1 aromatic carbocycles. The molecule has 0 aliphatic rings. The number of benzene rings is 1. The number of nitrogens with zero attached hydrogens (tertiary/aromatic N) is 1. The van der Waals surface area contributed by atoms with E-state index in [-0.39, 0.29) is 11.9 Å². The number of nitrogens with two attached hydrogens (primary N) is 2. The third-order valence-corrected chi connectivity index (χ3v) is 4.69. The fourth-order valence-corrected chi connectivity index (χ4v) is 3.25. The third-order valence-electron chi connectivity index (χ3n) is 4.69. The molecule has 2 rings (SSSR count). The van der Waals surface area contributed by atoms with E-state index in [1.807, 2.05) is 30.5 Å². The predicted octanol–water partition coefficient (Wildman–Crippen LogP) is 0.914. The average Bonchev–Trinajstić information content (AvgIpc) is 3.11. The molecule has 7 N–H and O–H groups in total. The zero-order valence-corrected chi connectivity index (χ0v) is 17.4. The lowest BCUT2D eigenvalue weighted by Crippen LogP contribution is -2.45. The van der Waals surface area contributed by atoms with E-state index >= 15 is 0 Å². The second kappa shape index (κ2) is 10.9. The van der Waals surface area contributed by atoms with E-state index in [4.69, 9.17) is 16.2 Å². The van der Waals surface area contributed by atoms with Gasteiger partial charge in [0.2, 0.25) is 5.91 Å². The van der Waals surface area contributed by atoms with Gasteiger partial charge in [-0.3, -0.25) is 9.79 Å². The van der Waals surface area contributed by atoms with Gasteiger partial charge in [0, 0.05) is 42.7 Å². The first-order valence-corrected chi connectivity index (χ1v) is 9.72. The van der Waals surface area contributed by atoms with Gasteiger partial charge in [-0.05, 0) is 24.5 Å². The molecule has 9 nitrogen and oxygen atoms in total. The lowest BCUT2D eigenvalue weighted by atomic mass is 10.0. The summed E-state index contributed by atoms with van der Waals surface area (Å²) in [5.41, 5.74) is 13.2. The molecule has 0 saturated heterocycles. The minimum Gasteiger partial charge on any atom is -0.467 e. The zero-order valence-electron chi connectivity index (χ0n) is 17.4. The average molecular weight is 415 g/mol. The molecule has 2 aromatic rings. The number of hydrogen-bond acceptors (Lipinski definition) is 5. The van der Waals surface area contributed by atoms with Crippen molar-refractivity contribution in [1.82, 2.24) is 15.6 Å². The van der Waals surface area contributed by atoms with Crippen LogP contribution in [0.2, 0.25) is 0 Å². The highest BCUT2D eigenvalue weighted by atomic mass is 16.5. The molecule has 1 heterocycles. The van der Waals surface area contributed by atoms with Gasteiger partial charge < -0.3 is 31.8 Å². The van der Waals surface area contributed by atoms with Crippen molar-refractivity contribution in [1.29, 1.82) is 0 Å². The maximum absolute atomic E-state index is 12.2. The normalized spacial score (nSPS) is 12.6. The highest BCUT2D eigenvalue weighted by molar-refractivity contribution is 5.83. The molecule has 0 fully saturated rings. The number of methoxy groups -OCH3 is 1. The molecule has 0 aliphatic heterocycles. The Morgan fingerprint density at radius 1 is 1.23 bits per heavy atom. The van der Waals surface area contributed by atoms with Gasteiger partial charge in [0.05, 0.1) is 13.2 Å². The fraction of sp³-hybridized carbons (Fsp3) is 0.381. The van der Waals surface area contributed by atoms with Gasteiger partial charge in [0.15, 0.2) is 5.96 Å². The molecule has 0 bridgehead atoms. The first-order valence-electron chi connectivity index (χ1n) is 9.72. The van der Waals surface area contributed by atoms with Crippen LogP contribution in [-0.4, -0.2) is 48.6 Å². The summed E-state index contributed by atoms with van der Waals surface area (Å²) in [7, 11) is 1.33. The van der Waals surface area contributed by atoms with Gasteiger partial charge in [-0.25, -0.2) is 4.79 Å². The minimum absolute atomic E-state index is 0.00596. The van der Waals surface area contributed by atoms with Crippen molar-refractivity contribution in [3.05, 3.63) is 48.3 Å². The van der Waals surface area contributed by atoms with Crippen LogP contribution < -0.4 is 22.1 Å². The van der Waals surface area contributed by atoms with Crippen LogP contribution in [0.5, 0.6) is 0 Å². The highest BCUT2D eigenvalue weighted by Gasteiger charge is 2.23. The van der Waals surface area contributed by atoms with E-state index in [2.05, 4.69) is 27.2 Å². The molecule has 2 atom stereocenters. The van der Waals surface area contributed by atoms with Gasteiger partial charge in [0.25, 0.3) is 0 Å². The Kier molecular flexibility index (Phi) is 8.28. The van der Waals surface area contributed by atoms with Crippen LogP contribution in [0, 0.1) is 0 Å². The Hall–Kier alpha value is -3.49. The number of carbonyl (C=O) groups excluding carboxylic acids is 2. The smallest absolute Gasteiger partial charge is 0.328 e. The number of carbonyl (C=O) groups is 2. The highest BCUT2D eigenvalue weighted by Crippen LogP contribution is 2.20. The first kappa shape index (κ1) is 22.8. The second-order valence-corrected chi connectivity index (χ2v) is 7.01. The van der Waals surface area contributed by atoms with Crippen LogP contribution in [0.4, 0.5) is 0 Å². The second-order valence-electron chi connectivity index (χ2n) is 7.01. The number of aromatic nitrogens is 1. The Balaban J connectivity index is 2.12. The molecule has 1 amide bonds. The first-order chi connectivity index (χ1) is 14.3. The van der Waals surface area contributed by atoms with E-state index in [0.29, 0.717) is 31.5 Å². The standard InChI is InChI=1S/C21H30N6O3/c1-13(26-18(20(29)30-3)9-6-10-24-21(22)23)19(27-14(2)28)11-15-12-25-17-8-5-4-7-16(15)17/h4-5,7-8,12,18-19,25-26H,1,6,9-11H2,2-3H3,(H,27,28)(H4,22,23,24). The van der Waals surface area contributed by atoms with Crippen molar-refractivity contribution in [2.75, 3.05) is 13.7 Å². The summed E-state index contributed by atoms with van der Waals surface area (Å²) in [5, 5.41) is 7.09. The molecule has 0 saturated carbocycles. The Morgan fingerprint density at radius 3 is 2.63 bits per heavy atom. The SMILES string of the molecule is C=C(NC(CCCN=C(N)N)C(=O)OC)C(Cc1c[nH]c2ccccc12)NC(C)=O. The quantitative estimate of drug-likeness (QED) is 0.160. The van der Waals surface area contributed by atoms with Crippen molar-refractivity contribution in [3.63, 3.8) is 0 Å². The number of aromatic amines is 1. The molecule has 162 valence electrons. The third kappa shape index (κ3) is 6.54. The van der Waals surface area contributed by atoms with Crippen molar-refractivity contribution < 1.29 is 14.3 Å². The molecule has 0 aliphatic carbocycles. The molecular weight excluding hydrogens is 384 g/mol. The molecular formula is C21H30N6O3.